The summed E-state index contributed by atoms with van der Waals surface area (Å²) in [5, 5.41) is 2.77. The number of nitrogens with one attached hydrogen (secondary N) is 1. The van der Waals surface area contributed by atoms with Crippen LogP contribution in [0.4, 0.5) is 4.79 Å². The Balaban J connectivity index is 1.70. The fraction of sp³-hybridized carbons (Fsp3) is 0.583. The number of carbonyl (C=O) groups excluding carboxylic acids is 2. The van der Waals surface area contributed by atoms with Gasteiger partial charge in [-0.25, -0.2) is 9.78 Å². The van der Waals surface area contributed by atoms with Crippen LogP contribution in [0.15, 0.2) is 5.51 Å². The van der Waals surface area contributed by atoms with Crippen LogP contribution in [0.5, 0.6) is 0 Å². The first-order chi connectivity index (χ1) is 9.12. The number of amides is 3. The second-order valence-electron chi connectivity index (χ2n) is 4.88. The molecule has 3 amide bonds. The van der Waals surface area contributed by atoms with Crippen molar-refractivity contribution in [3.8, 4) is 0 Å². The molecule has 3 rings (SSSR count). The highest BCUT2D eigenvalue weighted by Crippen LogP contribution is 2.27. The van der Waals surface area contributed by atoms with Gasteiger partial charge in [0, 0.05) is 30.9 Å². The molecule has 0 aliphatic carbocycles. The number of ether oxygens (including phenoxy) is 1. The smallest absolute Gasteiger partial charge is 0.325 e. The molecule has 0 saturated carbocycles. The quantitative estimate of drug-likeness (QED) is 0.828. The Morgan fingerprint density at radius 2 is 2.42 bits per heavy atom. The predicted octanol–water partition coefficient (Wildman–Crippen LogP) is 0.705. The molecule has 3 heterocycles. The lowest BCUT2D eigenvalue weighted by Crippen LogP contribution is -2.47. The number of carbonyl (C=O) groups is 2. The molecule has 1 spiro atoms. The Kier molecular flexibility index (Phi) is 3.02. The van der Waals surface area contributed by atoms with E-state index >= 15 is 0 Å². The van der Waals surface area contributed by atoms with Crippen molar-refractivity contribution in [2.75, 3.05) is 19.8 Å². The number of aromatic nitrogens is 1. The van der Waals surface area contributed by atoms with Gasteiger partial charge >= 0.3 is 6.03 Å². The molecule has 102 valence electrons. The number of nitrogens with zero attached hydrogens (tertiary/aromatic N) is 2. The number of thiazole rings is 1. The summed E-state index contributed by atoms with van der Waals surface area (Å²) in [6.45, 7) is 3.14. The first-order valence-electron chi connectivity index (χ1n) is 6.23. The van der Waals surface area contributed by atoms with E-state index in [0.717, 1.165) is 10.6 Å². The van der Waals surface area contributed by atoms with Crippen molar-refractivity contribution in [3.05, 3.63) is 16.1 Å². The van der Waals surface area contributed by atoms with Gasteiger partial charge in [0.2, 0.25) is 0 Å². The second kappa shape index (κ2) is 4.57. The number of imide groups is 1. The summed E-state index contributed by atoms with van der Waals surface area (Å²) >= 11 is 1.55. The molecule has 0 aromatic carbocycles. The van der Waals surface area contributed by atoms with Gasteiger partial charge in [0.1, 0.15) is 5.54 Å². The number of hydrogen-bond acceptors (Lipinski definition) is 5. The van der Waals surface area contributed by atoms with Crippen LogP contribution < -0.4 is 5.32 Å². The molecule has 1 aromatic heterocycles. The summed E-state index contributed by atoms with van der Waals surface area (Å²) in [4.78, 5) is 30.8. The van der Waals surface area contributed by atoms with E-state index in [9.17, 15) is 9.59 Å². The molecule has 1 N–H and O–H groups in total. The van der Waals surface area contributed by atoms with E-state index < -0.39 is 5.54 Å². The van der Waals surface area contributed by atoms with E-state index in [2.05, 4.69) is 10.3 Å². The normalized spacial score (nSPS) is 26.5. The minimum Gasteiger partial charge on any atom is -0.378 e. The summed E-state index contributed by atoms with van der Waals surface area (Å²) in [5.74, 6) is -0.155. The van der Waals surface area contributed by atoms with Gasteiger partial charge in [-0.2, -0.15) is 0 Å². The largest absolute Gasteiger partial charge is 0.378 e. The molecule has 2 aliphatic heterocycles. The molecule has 0 unspecified atom stereocenters. The molecule has 0 radical (unpaired) electrons. The first kappa shape index (κ1) is 12.6. The average Bonchev–Trinajstić information content (AvgIpc) is 3.04. The summed E-state index contributed by atoms with van der Waals surface area (Å²) in [6, 6.07) is -0.308. The Hall–Kier alpha value is -1.47. The Morgan fingerprint density at radius 1 is 1.58 bits per heavy atom. The fourth-order valence-electron chi connectivity index (χ4n) is 2.49. The molecule has 6 nitrogen and oxygen atoms in total. The van der Waals surface area contributed by atoms with Crippen LogP contribution in [-0.4, -0.2) is 47.1 Å². The first-order valence-corrected chi connectivity index (χ1v) is 7.11. The zero-order valence-electron chi connectivity index (χ0n) is 10.6. The minimum absolute atomic E-state index is 0.155. The highest BCUT2D eigenvalue weighted by Gasteiger charge is 2.53. The van der Waals surface area contributed by atoms with Crippen LogP contribution in [0.1, 0.15) is 17.0 Å². The topological polar surface area (TPSA) is 71.5 Å². The van der Waals surface area contributed by atoms with Crippen molar-refractivity contribution in [1.29, 1.82) is 0 Å². The highest BCUT2D eigenvalue weighted by atomic mass is 32.1. The summed E-state index contributed by atoms with van der Waals surface area (Å²) in [6.07, 6.45) is 1.22. The van der Waals surface area contributed by atoms with Gasteiger partial charge in [-0.1, -0.05) is 0 Å². The Morgan fingerprint density at radius 3 is 3.05 bits per heavy atom. The van der Waals surface area contributed by atoms with Crippen LogP contribution in [0, 0.1) is 6.92 Å². The van der Waals surface area contributed by atoms with Crippen molar-refractivity contribution in [3.63, 3.8) is 0 Å². The van der Waals surface area contributed by atoms with E-state index in [1.807, 2.05) is 6.92 Å². The molecule has 2 aliphatic rings. The number of urea groups is 1. The van der Waals surface area contributed by atoms with Gasteiger partial charge < -0.3 is 10.1 Å². The second-order valence-corrected chi connectivity index (χ2v) is 5.82. The van der Waals surface area contributed by atoms with E-state index in [0.29, 0.717) is 26.0 Å². The zero-order valence-corrected chi connectivity index (χ0v) is 11.5. The lowest BCUT2D eigenvalue weighted by Gasteiger charge is -2.18. The molecular weight excluding hydrogens is 266 g/mol. The SMILES string of the molecule is Cc1ncsc1CCN1C(=O)N[C@@]2(CCOC2)C1=O. The molecule has 2 fully saturated rings. The van der Waals surface area contributed by atoms with Crippen molar-refractivity contribution < 1.29 is 14.3 Å². The highest BCUT2D eigenvalue weighted by molar-refractivity contribution is 7.09. The fourth-order valence-corrected chi connectivity index (χ4v) is 3.26. The zero-order chi connectivity index (χ0) is 13.5. The molecule has 19 heavy (non-hydrogen) atoms. The van der Waals surface area contributed by atoms with Crippen LogP contribution in [0.2, 0.25) is 0 Å². The molecule has 1 aromatic rings. The average molecular weight is 281 g/mol. The monoisotopic (exact) mass is 281 g/mol. The number of hydrogen-bond donors (Lipinski definition) is 1. The van der Waals surface area contributed by atoms with E-state index in [1.165, 1.54) is 4.90 Å². The third-order valence-electron chi connectivity index (χ3n) is 3.67. The van der Waals surface area contributed by atoms with E-state index in [4.69, 9.17) is 4.74 Å². The Bertz CT molecular complexity index is 522. The van der Waals surface area contributed by atoms with Crippen LogP contribution >= 0.6 is 11.3 Å². The van der Waals surface area contributed by atoms with Crippen molar-refractivity contribution in [1.82, 2.24) is 15.2 Å². The van der Waals surface area contributed by atoms with Crippen LogP contribution in [-0.2, 0) is 16.0 Å². The maximum Gasteiger partial charge on any atom is 0.325 e. The predicted molar refractivity (Wildman–Crippen MR) is 69.0 cm³/mol. The Labute approximate surface area is 114 Å². The molecule has 1 atom stereocenters. The van der Waals surface area contributed by atoms with Gasteiger partial charge in [-0.3, -0.25) is 9.69 Å². The lowest BCUT2D eigenvalue weighted by molar-refractivity contribution is -0.131. The maximum absolute atomic E-state index is 12.3. The van der Waals surface area contributed by atoms with Gasteiger partial charge in [0.25, 0.3) is 5.91 Å². The van der Waals surface area contributed by atoms with Crippen LogP contribution in [0.25, 0.3) is 0 Å². The van der Waals surface area contributed by atoms with E-state index in [1.54, 1.807) is 16.8 Å². The third kappa shape index (κ3) is 2.02. The number of rotatable bonds is 3. The van der Waals surface area contributed by atoms with E-state index in [-0.39, 0.29) is 18.5 Å². The van der Waals surface area contributed by atoms with Crippen molar-refractivity contribution in [2.24, 2.45) is 0 Å². The van der Waals surface area contributed by atoms with Gasteiger partial charge in [-0.15, -0.1) is 11.3 Å². The van der Waals surface area contributed by atoms with Crippen molar-refractivity contribution in [2.45, 2.75) is 25.3 Å². The van der Waals surface area contributed by atoms with Crippen LogP contribution in [0.3, 0.4) is 0 Å². The molecule has 2 saturated heterocycles. The maximum atomic E-state index is 12.3. The summed E-state index contributed by atoms with van der Waals surface area (Å²) < 4.78 is 5.25. The van der Waals surface area contributed by atoms with Gasteiger partial charge in [-0.05, 0) is 6.92 Å². The lowest BCUT2D eigenvalue weighted by atomic mass is 9.99. The van der Waals surface area contributed by atoms with Crippen molar-refractivity contribution >= 4 is 23.3 Å². The van der Waals surface area contributed by atoms with Gasteiger partial charge in [0.05, 0.1) is 17.8 Å². The number of aryl methyl sites for hydroxylation is 1. The summed E-state index contributed by atoms with van der Waals surface area (Å²) in [5.41, 5.74) is 1.94. The standard InChI is InChI=1S/C12H15N3O3S/c1-8-9(19-7-13-8)2-4-15-10(16)12(14-11(15)17)3-5-18-6-12/h7H,2-6H2,1H3,(H,14,17)/t12-/m1/s1. The minimum atomic E-state index is -0.806. The van der Waals surface area contributed by atoms with Gasteiger partial charge in [0.15, 0.2) is 0 Å². The molecular formula is C12H15N3O3S. The third-order valence-corrected chi connectivity index (χ3v) is 4.67. The summed E-state index contributed by atoms with van der Waals surface area (Å²) in [7, 11) is 0. The molecule has 7 heteroatoms. The molecule has 0 bridgehead atoms.